The van der Waals surface area contributed by atoms with Crippen molar-refractivity contribution in [3.8, 4) is 22.8 Å². The van der Waals surface area contributed by atoms with Gasteiger partial charge in [-0.1, -0.05) is 0 Å². The lowest BCUT2D eigenvalue weighted by Gasteiger charge is -2.21. The minimum atomic E-state index is -4.53. The van der Waals surface area contributed by atoms with Crippen LogP contribution in [0.3, 0.4) is 0 Å². The van der Waals surface area contributed by atoms with E-state index < -0.39 is 11.9 Å². The van der Waals surface area contributed by atoms with Crippen LogP contribution < -0.4 is 10.1 Å². The molecule has 38 heavy (non-hydrogen) atoms. The average Bonchev–Trinajstić information content (AvgIpc) is 3.69. The first-order chi connectivity index (χ1) is 18.4. The Balaban J connectivity index is 1.21. The second-order valence-corrected chi connectivity index (χ2v) is 9.44. The molecule has 0 unspecified atom stereocenters. The van der Waals surface area contributed by atoms with Crippen LogP contribution in [-0.2, 0) is 10.9 Å². The normalized spacial score (nSPS) is 16.4. The van der Waals surface area contributed by atoms with Gasteiger partial charge in [-0.15, -0.1) is 0 Å². The number of rotatable bonds is 7. The molecule has 1 aliphatic carbocycles. The van der Waals surface area contributed by atoms with Crippen molar-refractivity contribution in [3.63, 3.8) is 0 Å². The van der Waals surface area contributed by atoms with Gasteiger partial charge in [0.1, 0.15) is 23.0 Å². The van der Waals surface area contributed by atoms with Gasteiger partial charge in [0.2, 0.25) is 0 Å². The van der Waals surface area contributed by atoms with E-state index in [1.807, 2.05) is 10.9 Å². The minimum absolute atomic E-state index is 0.291. The molecule has 0 amide bonds. The van der Waals surface area contributed by atoms with Crippen LogP contribution in [0.25, 0.3) is 11.3 Å². The molecule has 0 spiro atoms. The van der Waals surface area contributed by atoms with Gasteiger partial charge in [-0.05, 0) is 56.0 Å². The van der Waals surface area contributed by atoms with Gasteiger partial charge in [0, 0.05) is 55.0 Å². The smallest absolute Gasteiger partial charge is 0.433 e. The third-order valence-corrected chi connectivity index (χ3v) is 6.59. The minimum Gasteiger partial charge on any atom is -0.454 e. The van der Waals surface area contributed by atoms with Gasteiger partial charge in [0.15, 0.2) is 5.75 Å². The molecule has 0 aromatic carbocycles. The van der Waals surface area contributed by atoms with Gasteiger partial charge in [-0.3, -0.25) is 14.6 Å². The lowest BCUT2D eigenvalue weighted by atomic mass is 9.96. The highest BCUT2D eigenvalue weighted by molar-refractivity contribution is 5.67. The molecule has 0 radical (unpaired) electrons. The molecular formula is C27H25F3N6O2. The van der Waals surface area contributed by atoms with Crippen molar-refractivity contribution < 1.29 is 22.6 Å². The van der Waals surface area contributed by atoms with E-state index >= 15 is 0 Å². The van der Waals surface area contributed by atoms with Gasteiger partial charge in [-0.2, -0.15) is 18.3 Å². The van der Waals surface area contributed by atoms with Gasteiger partial charge in [-0.25, -0.2) is 4.98 Å². The molecule has 2 aliphatic rings. The lowest BCUT2D eigenvalue weighted by Crippen LogP contribution is -2.15. The molecule has 1 N–H and O–H groups in total. The molecule has 1 aliphatic heterocycles. The number of anilines is 2. The molecule has 4 aromatic heterocycles. The van der Waals surface area contributed by atoms with E-state index in [0.717, 1.165) is 49.4 Å². The van der Waals surface area contributed by atoms with Crippen molar-refractivity contribution in [3.05, 3.63) is 72.6 Å². The van der Waals surface area contributed by atoms with Crippen molar-refractivity contribution in [1.29, 1.82) is 0 Å². The Morgan fingerprint density at radius 1 is 0.921 bits per heavy atom. The van der Waals surface area contributed by atoms with E-state index in [0.29, 0.717) is 53.7 Å². The van der Waals surface area contributed by atoms with Gasteiger partial charge in [0.05, 0.1) is 17.9 Å². The maximum atomic E-state index is 13.1. The predicted molar refractivity (Wildman–Crippen MR) is 133 cm³/mol. The number of hydrogen-bond donors (Lipinski definition) is 1. The number of aromatic nitrogens is 5. The largest absolute Gasteiger partial charge is 0.454 e. The number of halogens is 3. The number of nitrogens with one attached hydrogen (secondary N) is 1. The Morgan fingerprint density at radius 3 is 2.50 bits per heavy atom. The van der Waals surface area contributed by atoms with Crippen LogP contribution in [0.2, 0.25) is 0 Å². The van der Waals surface area contributed by atoms with Crippen LogP contribution in [-0.4, -0.2) is 37.9 Å². The molecule has 0 bridgehead atoms. The monoisotopic (exact) mass is 522 g/mol. The molecule has 8 nitrogen and oxygen atoms in total. The predicted octanol–water partition coefficient (Wildman–Crippen LogP) is 6.52. The average molecular weight is 523 g/mol. The molecule has 5 heterocycles. The number of alkyl halides is 3. The Hall–Kier alpha value is -3.99. The fraction of sp³-hybridized carbons (Fsp3) is 0.333. The number of hydrogen-bond acceptors (Lipinski definition) is 7. The molecule has 0 atom stereocenters. The van der Waals surface area contributed by atoms with E-state index in [1.165, 1.54) is 12.3 Å². The van der Waals surface area contributed by atoms with E-state index in [4.69, 9.17) is 14.6 Å². The quantitative estimate of drug-likeness (QED) is 0.296. The van der Waals surface area contributed by atoms with E-state index in [2.05, 4.69) is 20.3 Å². The van der Waals surface area contributed by atoms with Crippen LogP contribution in [0.1, 0.15) is 49.0 Å². The van der Waals surface area contributed by atoms with Crippen LogP contribution in [0.15, 0.2) is 61.2 Å². The van der Waals surface area contributed by atoms with E-state index in [1.54, 1.807) is 30.5 Å². The molecule has 11 heteroatoms. The van der Waals surface area contributed by atoms with Crippen LogP contribution in [0, 0.1) is 0 Å². The highest BCUT2D eigenvalue weighted by Crippen LogP contribution is 2.40. The number of nitrogens with zero attached hydrogens (tertiary/aromatic N) is 5. The highest BCUT2D eigenvalue weighted by atomic mass is 19.4. The Bertz CT molecular complexity index is 1430. The highest BCUT2D eigenvalue weighted by Gasteiger charge is 2.33. The van der Waals surface area contributed by atoms with Crippen LogP contribution in [0.5, 0.6) is 11.5 Å². The van der Waals surface area contributed by atoms with Gasteiger partial charge >= 0.3 is 6.18 Å². The maximum Gasteiger partial charge on any atom is 0.433 e. The lowest BCUT2D eigenvalue weighted by molar-refractivity contribution is -0.141. The topological polar surface area (TPSA) is 87.0 Å². The molecule has 1 saturated carbocycles. The van der Waals surface area contributed by atoms with E-state index in [-0.39, 0.29) is 0 Å². The zero-order valence-corrected chi connectivity index (χ0v) is 20.4. The molecule has 196 valence electrons. The Morgan fingerprint density at radius 2 is 1.71 bits per heavy atom. The SMILES string of the molecule is FC(F)(F)c1cc(-c2cc(Nc3cc(Oc4cn(C5CC5)nc4C4CCOCC4)ccn3)ccn2)ccn1. The summed E-state index contributed by atoms with van der Waals surface area (Å²) >= 11 is 0. The third kappa shape index (κ3) is 5.47. The maximum absolute atomic E-state index is 13.1. The number of ether oxygens (including phenoxy) is 2. The summed E-state index contributed by atoms with van der Waals surface area (Å²) in [4.78, 5) is 12.0. The van der Waals surface area contributed by atoms with Crippen LogP contribution in [0.4, 0.5) is 24.7 Å². The zero-order valence-electron chi connectivity index (χ0n) is 20.4. The number of pyridine rings is 3. The summed E-state index contributed by atoms with van der Waals surface area (Å²) in [5.41, 5.74) is 1.31. The molecular weight excluding hydrogens is 497 g/mol. The summed E-state index contributed by atoms with van der Waals surface area (Å²) in [5, 5.41) is 8.06. The first-order valence-corrected chi connectivity index (χ1v) is 12.5. The van der Waals surface area contributed by atoms with Crippen molar-refractivity contribution in [2.45, 2.75) is 43.8 Å². The van der Waals surface area contributed by atoms with Gasteiger partial charge in [0.25, 0.3) is 0 Å². The molecule has 2 fully saturated rings. The molecule has 1 saturated heterocycles. The zero-order chi connectivity index (χ0) is 26.1. The summed E-state index contributed by atoms with van der Waals surface area (Å²) in [7, 11) is 0. The molecule has 4 aromatic rings. The van der Waals surface area contributed by atoms with E-state index in [9.17, 15) is 13.2 Å². The first-order valence-electron chi connectivity index (χ1n) is 12.5. The van der Waals surface area contributed by atoms with Crippen molar-refractivity contribution >= 4 is 11.5 Å². The van der Waals surface area contributed by atoms with Crippen molar-refractivity contribution in [1.82, 2.24) is 24.7 Å². The van der Waals surface area contributed by atoms with Crippen molar-refractivity contribution in [2.75, 3.05) is 18.5 Å². The first kappa shape index (κ1) is 24.4. The third-order valence-electron chi connectivity index (χ3n) is 6.59. The Labute approximate surface area is 216 Å². The fourth-order valence-electron chi connectivity index (χ4n) is 4.48. The summed E-state index contributed by atoms with van der Waals surface area (Å²) in [6, 6.07) is 9.84. The summed E-state index contributed by atoms with van der Waals surface area (Å²) in [5.74, 6) is 2.15. The molecule has 6 rings (SSSR count). The standard InChI is InChI=1S/C27H25F3N6O2/c28-27(29,30)24-13-18(3-8-32-24)22-14-19(4-9-31-22)34-25-15-21(5-10-33-25)38-23-16-36(20-1-2-20)35-26(23)17-6-11-37-12-7-17/h3-5,8-10,13-17,20H,1-2,6-7,11-12H2,(H,31,33,34). The summed E-state index contributed by atoms with van der Waals surface area (Å²) in [6.45, 7) is 1.43. The fourth-order valence-corrected chi connectivity index (χ4v) is 4.48. The Kier molecular flexibility index (Phi) is 6.44. The second kappa shape index (κ2) is 10.1. The van der Waals surface area contributed by atoms with Gasteiger partial charge < -0.3 is 14.8 Å². The second-order valence-electron chi connectivity index (χ2n) is 9.44. The van der Waals surface area contributed by atoms with Crippen LogP contribution >= 0.6 is 0 Å². The summed E-state index contributed by atoms with van der Waals surface area (Å²) in [6.07, 6.45) is 5.81. The summed E-state index contributed by atoms with van der Waals surface area (Å²) < 4.78 is 53.1. The van der Waals surface area contributed by atoms with Crippen molar-refractivity contribution in [2.24, 2.45) is 0 Å².